The van der Waals surface area contributed by atoms with Crippen LogP contribution in [0.3, 0.4) is 0 Å². The van der Waals surface area contributed by atoms with Gasteiger partial charge in [0.2, 0.25) is 5.91 Å². The van der Waals surface area contributed by atoms with Crippen molar-refractivity contribution in [3.05, 3.63) is 81.8 Å². The van der Waals surface area contributed by atoms with E-state index in [1.807, 2.05) is 0 Å². The second-order valence-corrected chi connectivity index (χ2v) is 6.48. The maximum Gasteiger partial charge on any atom is 0.249 e. The summed E-state index contributed by atoms with van der Waals surface area (Å²) in [6.45, 7) is 1.75. The number of carbonyl (C=O) groups excluding carboxylic acids is 2. The highest BCUT2D eigenvalue weighted by Gasteiger charge is 2.17. The summed E-state index contributed by atoms with van der Waals surface area (Å²) in [7, 11) is 1.67. The van der Waals surface area contributed by atoms with Gasteiger partial charge in [0.25, 0.3) is 0 Å². The summed E-state index contributed by atoms with van der Waals surface area (Å²) < 4.78 is 28.4. The number of ketones is 1. The molecule has 1 aromatic carbocycles. The summed E-state index contributed by atoms with van der Waals surface area (Å²) in [6.07, 6.45) is 4.09. The van der Waals surface area contributed by atoms with Gasteiger partial charge in [0.15, 0.2) is 5.78 Å². The Morgan fingerprint density at radius 1 is 1.21 bits per heavy atom. The second kappa shape index (κ2) is 8.32. The van der Waals surface area contributed by atoms with E-state index in [1.54, 1.807) is 14.0 Å². The zero-order chi connectivity index (χ0) is 21.1. The summed E-state index contributed by atoms with van der Waals surface area (Å²) in [5, 5.41) is 7.00. The van der Waals surface area contributed by atoms with Crippen LogP contribution in [0.25, 0.3) is 6.08 Å². The molecular weight excluding hydrogens is 402 g/mol. The minimum absolute atomic E-state index is 0.00478. The normalized spacial score (nSPS) is 11.1. The number of nitrogens with one attached hydrogen (secondary N) is 1. The first-order chi connectivity index (χ1) is 13.8. The fourth-order valence-corrected chi connectivity index (χ4v) is 2.92. The SMILES string of the molecule is Cc1nn(C)c(Cl)c1/C=C/C(=O)Nc1ncccc1C(=O)c1cc(F)cc(F)c1. The highest BCUT2D eigenvalue weighted by Crippen LogP contribution is 2.21. The molecule has 0 aliphatic rings. The van der Waals surface area contributed by atoms with E-state index >= 15 is 0 Å². The van der Waals surface area contributed by atoms with Crippen LogP contribution in [0.2, 0.25) is 5.15 Å². The van der Waals surface area contributed by atoms with Crippen LogP contribution in [-0.4, -0.2) is 26.5 Å². The molecule has 0 aliphatic heterocycles. The van der Waals surface area contributed by atoms with Gasteiger partial charge in [0.05, 0.1) is 11.3 Å². The van der Waals surface area contributed by atoms with Crippen molar-refractivity contribution in [2.75, 3.05) is 5.32 Å². The van der Waals surface area contributed by atoms with Crippen LogP contribution in [0, 0.1) is 18.6 Å². The van der Waals surface area contributed by atoms with Crippen molar-refractivity contribution in [1.82, 2.24) is 14.8 Å². The van der Waals surface area contributed by atoms with Crippen molar-refractivity contribution < 1.29 is 18.4 Å². The Balaban J connectivity index is 1.84. The number of aromatic nitrogens is 3. The largest absolute Gasteiger partial charge is 0.306 e. The predicted molar refractivity (Wildman–Crippen MR) is 105 cm³/mol. The fraction of sp³-hybridized carbons (Fsp3) is 0.100. The van der Waals surface area contributed by atoms with Crippen LogP contribution in [0.1, 0.15) is 27.2 Å². The average molecular weight is 417 g/mol. The number of carbonyl (C=O) groups is 2. The first-order valence-corrected chi connectivity index (χ1v) is 8.78. The van der Waals surface area contributed by atoms with E-state index in [-0.39, 0.29) is 16.9 Å². The molecule has 2 aromatic heterocycles. The van der Waals surface area contributed by atoms with Crippen molar-refractivity contribution in [2.24, 2.45) is 7.05 Å². The van der Waals surface area contributed by atoms with Gasteiger partial charge in [-0.15, -0.1) is 0 Å². The fourth-order valence-electron chi connectivity index (χ4n) is 2.68. The number of halogens is 3. The Bertz CT molecular complexity index is 1120. The van der Waals surface area contributed by atoms with Crippen LogP contribution in [-0.2, 0) is 11.8 Å². The first kappa shape index (κ1) is 20.3. The summed E-state index contributed by atoms with van der Waals surface area (Å²) in [4.78, 5) is 28.9. The van der Waals surface area contributed by atoms with Crippen molar-refractivity contribution in [2.45, 2.75) is 6.92 Å². The minimum atomic E-state index is -0.880. The third-order valence-corrected chi connectivity index (χ3v) is 4.46. The van der Waals surface area contributed by atoms with E-state index < -0.39 is 23.3 Å². The molecule has 3 rings (SSSR count). The summed E-state index contributed by atoms with van der Waals surface area (Å²) >= 11 is 6.12. The molecule has 0 saturated carbocycles. The smallest absolute Gasteiger partial charge is 0.249 e. The number of benzene rings is 1. The molecule has 9 heteroatoms. The first-order valence-electron chi connectivity index (χ1n) is 8.40. The number of hydrogen-bond acceptors (Lipinski definition) is 4. The quantitative estimate of drug-likeness (QED) is 0.505. The maximum absolute atomic E-state index is 13.4. The average Bonchev–Trinajstić information content (AvgIpc) is 2.90. The highest BCUT2D eigenvalue weighted by atomic mass is 35.5. The molecule has 3 aromatic rings. The zero-order valence-electron chi connectivity index (χ0n) is 15.4. The highest BCUT2D eigenvalue weighted by molar-refractivity contribution is 6.31. The van der Waals surface area contributed by atoms with Crippen molar-refractivity contribution in [3.63, 3.8) is 0 Å². The topological polar surface area (TPSA) is 76.9 Å². The lowest BCUT2D eigenvalue weighted by atomic mass is 10.0. The van der Waals surface area contributed by atoms with Crippen LogP contribution in [0.5, 0.6) is 0 Å². The molecule has 1 amide bonds. The maximum atomic E-state index is 13.4. The molecule has 2 heterocycles. The molecule has 0 radical (unpaired) electrons. The van der Waals surface area contributed by atoms with Crippen LogP contribution < -0.4 is 5.32 Å². The molecule has 148 valence electrons. The number of nitrogens with zero attached hydrogens (tertiary/aromatic N) is 3. The van der Waals surface area contributed by atoms with Gasteiger partial charge in [-0.25, -0.2) is 13.8 Å². The monoisotopic (exact) mass is 416 g/mol. The molecule has 0 atom stereocenters. The van der Waals surface area contributed by atoms with E-state index in [2.05, 4.69) is 15.4 Å². The Hall–Kier alpha value is -3.39. The van der Waals surface area contributed by atoms with E-state index in [0.717, 1.165) is 12.1 Å². The molecular formula is C20H15ClF2N4O2. The number of rotatable bonds is 5. The second-order valence-electron chi connectivity index (χ2n) is 6.12. The van der Waals surface area contributed by atoms with Gasteiger partial charge in [0.1, 0.15) is 22.6 Å². The molecule has 0 fully saturated rings. The molecule has 0 unspecified atom stereocenters. The van der Waals surface area contributed by atoms with Crippen LogP contribution >= 0.6 is 11.6 Å². The summed E-state index contributed by atoms with van der Waals surface area (Å²) in [5.41, 5.74) is 1.02. The Labute approximate surface area is 169 Å². The summed E-state index contributed by atoms with van der Waals surface area (Å²) in [6, 6.07) is 5.38. The minimum Gasteiger partial charge on any atom is -0.306 e. The van der Waals surface area contributed by atoms with E-state index in [9.17, 15) is 18.4 Å². The van der Waals surface area contributed by atoms with E-state index in [1.165, 1.54) is 35.2 Å². The Morgan fingerprint density at radius 3 is 2.52 bits per heavy atom. The molecule has 1 N–H and O–H groups in total. The lowest BCUT2D eigenvalue weighted by molar-refractivity contribution is -0.111. The van der Waals surface area contributed by atoms with Gasteiger partial charge in [-0.1, -0.05) is 11.6 Å². The molecule has 0 spiro atoms. The predicted octanol–water partition coefficient (Wildman–Crippen LogP) is 3.94. The number of pyridine rings is 1. The van der Waals surface area contributed by atoms with Crippen molar-refractivity contribution in [1.29, 1.82) is 0 Å². The number of anilines is 1. The Morgan fingerprint density at radius 2 is 1.90 bits per heavy atom. The molecule has 0 bridgehead atoms. The van der Waals surface area contributed by atoms with Gasteiger partial charge in [0, 0.05) is 36.5 Å². The van der Waals surface area contributed by atoms with E-state index in [0.29, 0.717) is 22.5 Å². The number of amides is 1. The van der Waals surface area contributed by atoms with Gasteiger partial charge >= 0.3 is 0 Å². The summed E-state index contributed by atoms with van der Waals surface area (Å²) in [5.74, 6) is -3.04. The Kier molecular flexibility index (Phi) is 5.84. The standard InChI is InChI=1S/C20H15ClF2N4O2/c1-11-15(19(21)27(2)26-11)5-6-17(28)25-20-16(4-3-7-24-20)18(29)12-8-13(22)10-14(23)9-12/h3-10H,1-2H3,(H,24,25,28)/b6-5+. The number of hydrogen-bond donors (Lipinski definition) is 1. The number of aryl methyl sites for hydroxylation is 2. The van der Waals surface area contributed by atoms with Gasteiger partial charge in [-0.2, -0.15) is 5.10 Å². The molecule has 0 aliphatic carbocycles. The van der Waals surface area contributed by atoms with Gasteiger partial charge in [-0.05, 0) is 37.3 Å². The lowest BCUT2D eigenvalue weighted by Gasteiger charge is -2.08. The zero-order valence-corrected chi connectivity index (χ0v) is 16.2. The van der Waals surface area contributed by atoms with E-state index in [4.69, 9.17) is 11.6 Å². The lowest BCUT2D eigenvalue weighted by Crippen LogP contribution is -2.14. The van der Waals surface area contributed by atoms with Gasteiger partial charge < -0.3 is 5.32 Å². The third-order valence-electron chi connectivity index (χ3n) is 4.02. The van der Waals surface area contributed by atoms with Gasteiger partial charge in [-0.3, -0.25) is 14.3 Å². The van der Waals surface area contributed by atoms with Crippen molar-refractivity contribution >= 4 is 35.2 Å². The molecule has 29 heavy (non-hydrogen) atoms. The van der Waals surface area contributed by atoms with Crippen LogP contribution in [0.4, 0.5) is 14.6 Å². The molecule has 6 nitrogen and oxygen atoms in total. The van der Waals surface area contributed by atoms with Crippen LogP contribution in [0.15, 0.2) is 42.6 Å². The molecule has 0 saturated heterocycles. The van der Waals surface area contributed by atoms with Crippen molar-refractivity contribution in [3.8, 4) is 0 Å². The third kappa shape index (κ3) is 4.55.